The van der Waals surface area contributed by atoms with Crippen LogP contribution >= 0.6 is 0 Å². The molecule has 1 aromatic heterocycles. The van der Waals surface area contributed by atoms with Crippen molar-refractivity contribution in [1.29, 1.82) is 0 Å². The minimum absolute atomic E-state index is 0.184. The summed E-state index contributed by atoms with van der Waals surface area (Å²) in [5.41, 5.74) is 0.680. The molecule has 4 nitrogen and oxygen atoms in total. The molecule has 0 aliphatic rings. The molecule has 0 spiro atoms. The summed E-state index contributed by atoms with van der Waals surface area (Å²) >= 11 is 0. The summed E-state index contributed by atoms with van der Waals surface area (Å²) in [6.45, 7) is 11.7. The molecule has 1 heterocycles. The zero-order chi connectivity index (χ0) is 14.6. The highest BCUT2D eigenvalue weighted by molar-refractivity contribution is 5.84. The molecule has 0 bridgehead atoms. The van der Waals surface area contributed by atoms with Gasteiger partial charge in [0, 0.05) is 0 Å². The molecule has 0 fully saturated rings. The van der Waals surface area contributed by atoms with Gasteiger partial charge in [-0.3, -0.25) is 5.32 Å². The molecule has 1 amide bonds. The van der Waals surface area contributed by atoms with E-state index in [2.05, 4.69) is 15.0 Å². The number of nitrogens with zero attached hydrogens (tertiary/aromatic N) is 1. The third-order valence-electron chi connectivity index (χ3n) is 1.56. The molecular weight excluding hydrogens is 235 g/mol. The van der Waals surface area contributed by atoms with Gasteiger partial charge in [-0.2, -0.15) is 4.39 Å². The Morgan fingerprint density at radius 3 is 2.39 bits per heavy atom. The molecule has 18 heavy (non-hydrogen) atoms. The smallest absolute Gasteiger partial charge is 0.412 e. The Hall–Kier alpha value is -1.65. The summed E-state index contributed by atoms with van der Waals surface area (Å²) in [6, 6.07) is 2.76. The second-order valence-corrected chi connectivity index (χ2v) is 2.64. The largest absolute Gasteiger partial charge is 0.450 e. The number of carbonyl (C=O) groups is 1. The van der Waals surface area contributed by atoms with Crippen LogP contribution in [0.25, 0.3) is 0 Å². The second-order valence-electron chi connectivity index (χ2n) is 2.64. The normalized spacial score (nSPS) is 8.17. The van der Waals surface area contributed by atoms with Gasteiger partial charge in [0.1, 0.15) is 5.82 Å². The zero-order valence-electron chi connectivity index (χ0n) is 12.0. The highest BCUT2D eigenvalue weighted by Gasteiger charge is 2.06. The van der Waals surface area contributed by atoms with Crippen molar-refractivity contribution in [3.63, 3.8) is 0 Å². The molecule has 1 rings (SSSR count). The lowest BCUT2D eigenvalue weighted by Gasteiger charge is -2.06. The Kier molecular flexibility index (Phi) is 12.3. The Morgan fingerprint density at radius 1 is 1.33 bits per heavy atom. The van der Waals surface area contributed by atoms with Gasteiger partial charge in [-0.1, -0.05) is 33.8 Å². The number of carbonyl (C=O) groups excluding carboxylic acids is 1. The van der Waals surface area contributed by atoms with E-state index in [1.165, 1.54) is 12.1 Å². The molecule has 0 atom stereocenters. The fraction of sp³-hybridized carbons (Fsp3) is 0.538. The average molecular weight is 258 g/mol. The van der Waals surface area contributed by atoms with Crippen molar-refractivity contribution in [2.75, 3.05) is 11.9 Å². The van der Waals surface area contributed by atoms with Crippen molar-refractivity contribution in [3.05, 3.63) is 23.6 Å². The maximum absolute atomic E-state index is 12.7. The van der Waals surface area contributed by atoms with Gasteiger partial charge in [-0.15, -0.1) is 0 Å². The summed E-state index contributed by atoms with van der Waals surface area (Å²) in [6.07, 6.45) is -0.631. The van der Waals surface area contributed by atoms with E-state index in [-0.39, 0.29) is 12.4 Å². The molecule has 1 aromatic rings. The van der Waals surface area contributed by atoms with E-state index in [1.54, 1.807) is 13.8 Å². The molecular formula is C13H23FN2O2. The predicted octanol–water partition coefficient (Wildman–Crippen LogP) is 4.15. The van der Waals surface area contributed by atoms with Crippen molar-refractivity contribution in [2.45, 2.75) is 41.5 Å². The monoisotopic (exact) mass is 258 g/mol. The summed E-state index contributed by atoms with van der Waals surface area (Å²) < 4.78 is 17.3. The topological polar surface area (TPSA) is 51.2 Å². The van der Waals surface area contributed by atoms with E-state index in [0.717, 1.165) is 0 Å². The van der Waals surface area contributed by atoms with Crippen molar-refractivity contribution < 1.29 is 13.9 Å². The first-order valence-electron chi connectivity index (χ1n) is 6.20. The van der Waals surface area contributed by atoms with Crippen LogP contribution in [0, 0.1) is 12.9 Å². The number of amides is 1. The Bertz CT molecular complexity index is 344. The summed E-state index contributed by atoms with van der Waals surface area (Å²) in [7, 11) is 0. The Morgan fingerprint density at radius 2 is 1.89 bits per heavy atom. The molecule has 0 saturated heterocycles. The Labute approximate surface area is 109 Å². The third-order valence-corrected chi connectivity index (χ3v) is 1.56. The lowest BCUT2D eigenvalue weighted by atomic mass is 10.3. The van der Waals surface area contributed by atoms with Gasteiger partial charge >= 0.3 is 6.09 Å². The number of hydrogen-bond donors (Lipinski definition) is 1. The predicted molar refractivity (Wildman–Crippen MR) is 72.3 cm³/mol. The quantitative estimate of drug-likeness (QED) is 0.811. The first kappa shape index (κ1) is 18.7. The van der Waals surface area contributed by atoms with Crippen molar-refractivity contribution in [1.82, 2.24) is 4.98 Å². The van der Waals surface area contributed by atoms with E-state index in [4.69, 9.17) is 0 Å². The van der Waals surface area contributed by atoms with Gasteiger partial charge in [0.25, 0.3) is 0 Å². The fourth-order valence-corrected chi connectivity index (χ4v) is 0.895. The summed E-state index contributed by atoms with van der Waals surface area (Å²) in [5.74, 6) is -0.453. The maximum Gasteiger partial charge on any atom is 0.412 e. The van der Waals surface area contributed by atoms with E-state index in [0.29, 0.717) is 5.56 Å². The molecule has 0 aromatic carbocycles. The van der Waals surface area contributed by atoms with Gasteiger partial charge < -0.3 is 4.74 Å². The first-order valence-corrected chi connectivity index (χ1v) is 6.20. The fourth-order valence-electron chi connectivity index (χ4n) is 0.895. The van der Waals surface area contributed by atoms with E-state index < -0.39 is 12.0 Å². The number of anilines is 1. The zero-order valence-corrected chi connectivity index (χ0v) is 12.0. The van der Waals surface area contributed by atoms with Crippen LogP contribution in [0.4, 0.5) is 15.0 Å². The molecule has 0 unspecified atom stereocenters. The van der Waals surface area contributed by atoms with Gasteiger partial charge in [0.05, 0.1) is 6.61 Å². The molecule has 0 aliphatic carbocycles. The van der Waals surface area contributed by atoms with Crippen LogP contribution in [0.3, 0.4) is 0 Å². The molecule has 5 heteroatoms. The highest BCUT2D eigenvalue weighted by Crippen LogP contribution is 2.11. The number of nitrogens with one attached hydrogen (secondary N) is 1. The van der Waals surface area contributed by atoms with E-state index in [9.17, 15) is 9.18 Å². The number of aromatic nitrogens is 1. The molecule has 0 aliphatic heterocycles. The minimum atomic E-state index is -0.637. The number of halogens is 1. The van der Waals surface area contributed by atoms with Gasteiger partial charge in [-0.05, 0) is 25.5 Å². The molecule has 104 valence electrons. The molecule has 0 radical (unpaired) electrons. The standard InChI is InChI=1S/C9H11FN2O2.2C2H6/c1-3-14-9(13)12-8-6(2)4-5-7(10)11-8;2*1-2/h4-5H,3H2,1-2H3,(H,11,12,13);2*1-2H3. The van der Waals surface area contributed by atoms with E-state index in [1.807, 2.05) is 27.7 Å². The van der Waals surface area contributed by atoms with Crippen LogP contribution in [0.2, 0.25) is 0 Å². The van der Waals surface area contributed by atoms with Gasteiger partial charge in [0.15, 0.2) is 0 Å². The summed E-state index contributed by atoms with van der Waals surface area (Å²) in [4.78, 5) is 14.5. The number of pyridine rings is 1. The van der Waals surface area contributed by atoms with Crippen LogP contribution in [-0.2, 0) is 4.74 Å². The second kappa shape index (κ2) is 11.8. The SMILES string of the molecule is CC.CC.CCOC(=O)Nc1nc(F)ccc1C. The van der Waals surface area contributed by atoms with Crippen molar-refractivity contribution in [3.8, 4) is 0 Å². The first-order chi connectivity index (χ1) is 8.63. The Balaban J connectivity index is 0. The van der Waals surface area contributed by atoms with Gasteiger partial charge in [-0.25, -0.2) is 9.78 Å². The summed E-state index contributed by atoms with van der Waals surface area (Å²) in [5, 5.41) is 2.34. The number of rotatable bonds is 2. The number of hydrogen-bond acceptors (Lipinski definition) is 3. The van der Waals surface area contributed by atoms with Crippen LogP contribution < -0.4 is 5.32 Å². The molecule has 1 N–H and O–H groups in total. The van der Waals surface area contributed by atoms with E-state index >= 15 is 0 Å². The highest BCUT2D eigenvalue weighted by atomic mass is 19.1. The van der Waals surface area contributed by atoms with Gasteiger partial charge in [0.2, 0.25) is 5.95 Å². The van der Waals surface area contributed by atoms with Crippen LogP contribution in [-0.4, -0.2) is 17.7 Å². The number of aryl methyl sites for hydroxylation is 1. The minimum Gasteiger partial charge on any atom is -0.450 e. The third kappa shape index (κ3) is 7.60. The lowest BCUT2D eigenvalue weighted by molar-refractivity contribution is 0.168. The maximum atomic E-state index is 12.7. The molecule has 0 saturated carbocycles. The number of ether oxygens (including phenoxy) is 1. The lowest BCUT2D eigenvalue weighted by Crippen LogP contribution is -2.15. The van der Waals surface area contributed by atoms with Crippen molar-refractivity contribution in [2.24, 2.45) is 0 Å². The van der Waals surface area contributed by atoms with Crippen molar-refractivity contribution >= 4 is 11.9 Å². The average Bonchev–Trinajstić information content (AvgIpc) is 2.39. The van der Waals surface area contributed by atoms with Crippen LogP contribution in [0.15, 0.2) is 12.1 Å². The van der Waals surface area contributed by atoms with Crippen LogP contribution in [0.5, 0.6) is 0 Å². The van der Waals surface area contributed by atoms with Crippen LogP contribution in [0.1, 0.15) is 40.2 Å².